The Morgan fingerprint density at radius 1 is 1.20 bits per heavy atom. The molecule has 0 aliphatic rings. The molecule has 2 atom stereocenters. The summed E-state index contributed by atoms with van der Waals surface area (Å²) in [6.07, 6.45) is 1.82. The standard InChI is InChI=1S/C16H20BrN3/c1-12(18)16(14-8-3-4-9-15(14)17)20(2)11-13-7-5-6-10-19-13/h3-10,12,16H,11,18H2,1-2H3. The zero-order chi connectivity index (χ0) is 14.5. The smallest absolute Gasteiger partial charge is 0.0544 e. The van der Waals surface area contributed by atoms with Crippen molar-refractivity contribution in [3.63, 3.8) is 0 Å². The first-order chi connectivity index (χ1) is 9.59. The Morgan fingerprint density at radius 2 is 1.90 bits per heavy atom. The quantitative estimate of drug-likeness (QED) is 0.912. The molecule has 2 aromatic rings. The number of aromatic nitrogens is 1. The lowest BCUT2D eigenvalue weighted by molar-refractivity contribution is 0.208. The summed E-state index contributed by atoms with van der Waals surface area (Å²) in [4.78, 5) is 6.63. The van der Waals surface area contributed by atoms with Crippen LogP contribution in [0.4, 0.5) is 0 Å². The Bertz CT molecular complexity index is 542. The van der Waals surface area contributed by atoms with E-state index < -0.39 is 0 Å². The maximum Gasteiger partial charge on any atom is 0.0544 e. The van der Waals surface area contributed by atoms with Crippen LogP contribution < -0.4 is 5.73 Å². The average Bonchev–Trinajstić information content (AvgIpc) is 2.42. The Labute approximate surface area is 129 Å². The first kappa shape index (κ1) is 15.2. The highest BCUT2D eigenvalue weighted by molar-refractivity contribution is 9.10. The van der Waals surface area contributed by atoms with E-state index in [0.717, 1.165) is 16.7 Å². The van der Waals surface area contributed by atoms with Crippen molar-refractivity contribution in [3.8, 4) is 0 Å². The van der Waals surface area contributed by atoms with Gasteiger partial charge in [-0.3, -0.25) is 9.88 Å². The number of nitrogens with zero attached hydrogens (tertiary/aromatic N) is 2. The van der Waals surface area contributed by atoms with E-state index in [1.165, 1.54) is 5.56 Å². The van der Waals surface area contributed by atoms with E-state index in [4.69, 9.17) is 5.73 Å². The second kappa shape index (κ2) is 6.97. The SMILES string of the molecule is CC(N)C(c1ccccc1Br)N(C)Cc1ccccn1. The van der Waals surface area contributed by atoms with E-state index in [9.17, 15) is 0 Å². The number of pyridine rings is 1. The van der Waals surface area contributed by atoms with Crippen LogP contribution in [0.25, 0.3) is 0 Å². The molecular weight excluding hydrogens is 314 g/mol. The lowest BCUT2D eigenvalue weighted by Crippen LogP contribution is -2.37. The maximum atomic E-state index is 6.21. The molecule has 0 saturated carbocycles. The van der Waals surface area contributed by atoms with Crippen molar-refractivity contribution >= 4 is 15.9 Å². The highest BCUT2D eigenvalue weighted by atomic mass is 79.9. The minimum atomic E-state index is 0.0300. The van der Waals surface area contributed by atoms with Gasteiger partial charge >= 0.3 is 0 Å². The van der Waals surface area contributed by atoms with Crippen LogP contribution in [-0.4, -0.2) is 23.0 Å². The van der Waals surface area contributed by atoms with Crippen LogP contribution in [0, 0.1) is 0 Å². The van der Waals surface area contributed by atoms with Crippen molar-refractivity contribution in [1.29, 1.82) is 0 Å². The molecule has 1 heterocycles. The van der Waals surface area contributed by atoms with Crippen LogP contribution in [0.2, 0.25) is 0 Å². The number of rotatable bonds is 5. The highest BCUT2D eigenvalue weighted by Gasteiger charge is 2.23. The molecule has 0 spiro atoms. The van der Waals surface area contributed by atoms with Gasteiger partial charge in [-0.25, -0.2) is 0 Å². The Kier molecular flexibility index (Phi) is 5.29. The van der Waals surface area contributed by atoms with Crippen LogP contribution >= 0.6 is 15.9 Å². The maximum absolute atomic E-state index is 6.21. The van der Waals surface area contributed by atoms with Crippen LogP contribution in [0.15, 0.2) is 53.1 Å². The van der Waals surface area contributed by atoms with Crippen molar-refractivity contribution in [2.75, 3.05) is 7.05 Å². The molecule has 0 saturated heterocycles. The summed E-state index contributed by atoms with van der Waals surface area (Å²) in [5.41, 5.74) is 8.47. The topological polar surface area (TPSA) is 42.1 Å². The first-order valence-corrected chi connectivity index (χ1v) is 7.49. The van der Waals surface area contributed by atoms with E-state index in [1.807, 2.05) is 43.5 Å². The molecule has 1 aromatic heterocycles. The third kappa shape index (κ3) is 3.66. The second-order valence-corrected chi connectivity index (χ2v) is 5.92. The third-order valence-electron chi connectivity index (χ3n) is 3.33. The molecule has 3 nitrogen and oxygen atoms in total. The number of likely N-dealkylation sites (N-methyl/N-ethyl adjacent to an activating group) is 1. The molecule has 2 rings (SSSR count). The van der Waals surface area contributed by atoms with E-state index in [-0.39, 0.29) is 12.1 Å². The molecule has 0 aliphatic carbocycles. The minimum absolute atomic E-state index is 0.0300. The Morgan fingerprint density at radius 3 is 2.50 bits per heavy atom. The number of halogens is 1. The van der Waals surface area contributed by atoms with Crippen LogP contribution in [0.3, 0.4) is 0 Å². The molecule has 2 unspecified atom stereocenters. The van der Waals surface area contributed by atoms with Gasteiger partial charge in [0.25, 0.3) is 0 Å². The Hall–Kier alpha value is -1.23. The monoisotopic (exact) mass is 333 g/mol. The summed E-state index contributed by atoms with van der Waals surface area (Å²) in [6, 6.07) is 14.4. The zero-order valence-corrected chi connectivity index (χ0v) is 13.4. The normalized spacial score (nSPS) is 14.2. The molecule has 4 heteroatoms. The minimum Gasteiger partial charge on any atom is -0.326 e. The van der Waals surface area contributed by atoms with Gasteiger partial charge in [0.1, 0.15) is 0 Å². The molecule has 0 fully saturated rings. The summed E-state index contributed by atoms with van der Waals surface area (Å²) in [7, 11) is 2.09. The number of benzene rings is 1. The predicted octanol–water partition coefficient (Wildman–Crippen LogP) is 3.36. The van der Waals surface area contributed by atoms with E-state index in [1.54, 1.807) is 0 Å². The summed E-state index contributed by atoms with van der Waals surface area (Å²) in [6.45, 7) is 2.81. The molecule has 0 bridgehead atoms. The van der Waals surface area contributed by atoms with Gasteiger partial charge in [0, 0.05) is 23.3 Å². The predicted molar refractivity (Wildman–Crippen MR) is 86.2 cm³/mol. The third-order valence-corrected chi connectivity index (χ3v) is 4.06. The fourth-order valence-corrected chi connectivity index (χ4v) is 3.00. The summed E-state index contributed by atoms with van der Waals surface area (Å²) < 4.78 is 1.09. The molecule has 106 valence electrons. The van der Waals surface area contributed by atoms with Gasteiger partial charge in [-0.1, -0.05) is 40.2 Å². The molecule has 1 aromatic carbocycles. The average molecular weight is 334 g/mol. The summed E-state index contributed by atoms with van der Waals surface area (Å²) in [5, 5.41) is 0. The lowest BCUT2D eigenvalue weighted by Gasteiger charge is -2.32. The number of hydrogen-bond acceptors (Lipinski definition) is 3. The van der Waals surface area contributed by atoms with Gasteiger partial charge in [0.15, 0.2) is 0 Å². The van der Waals surface area contributed by atoms with Gasteiger partial charge in [0.05, 0.1) is 11.7 Å². The van der Waals surface area contributed by atoms with Gasteiger partial charge < -0.3 is 5.73 Å². The van der Waals surface area contributed by atoms with Crippen molar-refractivity contribution in [2.45, 2.75) is 25.6 Å². The molecular formula is C16H20BrN3. The summed E-state index contributed by atoms with van der Waals surface area (Å²) >= 11 is 3.62. The molecule has 2 N–H and O–H groups in total. The van der Waals surface area contributed by atoms with Gasteiger partial charge in [0.2, 0.25) is 0 Å². The molecule has 20 heavy (non-hydrogen) atoms. The van der Waals surface area contributed by atoms with E-state index in [0.29, 0.717) is 0 Å². The van der Waals surface area contributed by atoms with Gasteiger partial charge in [-0.05, 0) is 37.7 Å². The van der Waals surface area contributed by atoms with E-state index in [2.05, 4.69) is 45.0 Å². The molecule has 0 amide bonds. The van der Waals surface area contributed by atoms with Gasteiger partial charge in [-0.15, -0.1) is 0 Å². The lowest BCUT2D eigenvalue weighted by atomic mass is 9.99. The van der Waals surface area contributed by atoms with Crippen LogP contribution in [0.5, 0.6) is 0 Å². The number of nitrogens with two attached hydrogens (primary N) is 1. The molecule has 0 aliphatic heterocycles. The highest BCUT2D eigenvalue weighted by Crippen LogP contribution is 2.29. The second-order valence-electron chi connectivity index (χ2n) is 5.06. The number of hydrogen-bond donors (Lipinski definition) is 1. The van der Waals surface area contributed by atoms with E-state index >= 15 is 0 Å². The fraction of sp³-hybridized carbons (Fsp3) is 0.312. The van der Waals surface area contributed by atoms with Crippen LogP contribution in [0.1, 0.15) is 24.2 Å². The van der Waals surface area contributed by atoms with Crippen molar-refractivity contribution in [2.24, 2.45) is 5.73 Å². The van der Waals surface area contributed by atoms with Crippen molar-refractivity contribution < 1.29 is 0 Å². The first-order valence-electron chi connectivity index (χ1n) is 6.69. The van der Waals surface area contributed by atoms with Gasteiger partial charge in [-0.2, -0.15) is 0 Å². The molecule has 0 radical (unpaired) electrons. The van der Waals surface area contributed by atoms with Crippen molar-refractivity contribution in [3.05, 3.63) is 64.4 Å². The fourth-order valence-electron chi connectivity index (χ4n) is 2.48. The van der Waals surface area contributed by atoms with Crippen molar-refractivity contribution in [1.82, 2.24) is 9.88 Å². The summed E-state index contributed by atoms with van der Waals surface area (Å²) in [5.74, 6) is 0. The van der Waals surface area contributed by atoms with Crippen LogP contribution in [-0.2, 0) is 6.54 Å². The zero-order valence-electron chi connectivity index (χ0n) is 11.8. The Balaban J connectivity index is 2.23. The largest absolute Gasteiger partial charge is 0.326 e.